The highest BCUT2D eigenvalue weighted by Crippen LogP contribution is 2.18. The number of nitrogens with zero attached hydrogens (tertiary/aromatic N) is 1. The first-order chi connectivity index (χ1) is 7.27. The second-order valence-electron chi connectivity index (χ2n) is 3.61. The number of benzene rings is 1. The topological polar surface area (TPSA) is 29.3 Å². The smallest absolute Gasteiger partial charge is 0.0367 e. The van der Waals surface area contributed by atoms with Crippen LogP contribution in [0.5, 0.6) is 0 Å². The van der Waals surface area contributed by atoms with Crippen molar-refractivity contribution in [2.24, 2.45) is 5.73 Å². The monoisotopic (exact) mass is 270 g/mol. The van der Waals surface area contributed by atoms with Crippen LogP contribution in [0.25, 0.3) is 0 Å². The maximum Gasteiger partial charge on any atom is 0.0367 e. The fourth-order valence-corrected chi connectivity index (χ4v) is 1.79. The second-order valence-corrected chi connectivity index (χ2v) is 4.52. The minimum atomic E-state index is 0.708. The molecule has 0 radical (unpaired) electrons. The van der Waals surface area contributed by atoms with E-state index in [-0.39, 0.29) is 0 Å². The Kier molecular flexibility index (Phi) is 5.73. The van der Waals surface area contributed by atoms with Gasteiger partial charge in [0.1, 0.15) is 0 Å². The summed E-state index contributed by atoms with van der Waals surface area (Å²) < 4.78 is 1.12. The lowest BCUT2D eigenvalue weighted by atomic mass is 10.2. The van der Waals surface area contributed by atoms with Gasteiger partial charge in [-0.3, -0.25) is 0 Å². The molecule has 0 atom stereocenters. The summed E-state index contributed by atoms with van der Waals surface area (Å²) >= 11 is 3.44. The summed E-state index contributed by atoms with van der Waals surface area (Å²) in [6.45, 7) is 4.94. The maximum absolute atomic E-state index is 5.62. The van der Waals surface area contributed by atoms with Gasteiger partial charge in [-0.1, -0.05) is 29.3 Å². The molecule has 0 heterocycles. The first-order valence-electron chi connectivity index (χ1n) is 5.48. The zero-order chi connectivity index (χ0) is 11.1. The van der Waals surface area contributed by atoms with E-state index in [1.165, 1.54) is 18.5 Å². The van der Waals surface area contributed by atoms with Gasteiger partial charge in [0.25, 0.3) is 0 Å². The van der Waals surface area contributed by atoms with Gasteiger partial charge in [0.05, 0.1) is 0 Å². The number of unbranched alkanes of at least 4 members (excludes halogenated alkanes) is 1. The van der Waals surface area contributed by atoms with Gasteiger partial charge in [-0.15, -0.1) is 0 Å². The third kappa shape index (κ3) is 4.22. The van der Waals surface area contributed by atoms with E-state index in [2.05, 4.69) is 52.0 Å². The summed E-state index contributed by atoms with van der Waals surface area (Å²) in [5.74, 6) is 0. The van der Waals surface area contributed by atoms with Gasteiger partial charge in [0.2, 0.25) is 0 Å². The van der Waals surface area contributed by atoms with Crippen molar-refractivity contribution in [3.8, 4) is 0 Å². The molecule has 0 aromatic heterocycles. The van der Waals surface area contributed by atoms with Crippen molar-refractivity contribution in [3.63, 3.8) is 0 Å². The largest absolute Gasteiger partial charge is 0.370 e. The van der Waals surface area contributed by atoms with Gasteiger partial charge in [-0.2, -0.15) is 0 Å². The normalized spacial score (nSPS) is 10.3. The highest BCUT2D eigenvalue weighted by molar-refractivity contribution is 9.10. The molecule has 0 aliphatic carbocycles. The van der Waals surface area contributed by atoms with Crippen LogP contribution in [0, 0.1) is 0 Å². The summed E-state index contributed by atoms with van der Waals surface area (Å²) in [7, 11) is 0. The molecule has 1 aromatic rings. The highest BCUT2D eigenvalue weighted by atomic mass is 79.9. The first-order valence-corrected chi connectivity index (χ1v) is 6.27. The van der Waals surface area contributed by atoms with Gasteiger partial charge in [-0.25, -0.2) is 0 Å². The lowest BCUT2D eigenvalue weighted by Gasteiger charge is -2.24. The van der Waals surface area contributed by atoms with E-state index in [0.717, 1.165) is 17.6 Å². The molecule has 3 heteroatoms. The molecule has 0 spiro atoms. The number of anilines is 1. The fourth-order valence-electron chi connectivity index (χ4n) is 1.53. The van der Waals surface area contributed by atoms with E-state index in [0.29, 0.717) is 6.54 Å². The van der Waals surface area contributed by atoms with Crippen LogP contribution in [0.3, 0.4) is 0 Å². The number of halogens is 1. The van der Waals surface area contributed by atoms with Crippen molar-refractivity contribution in [2.45, 2.75) is 19.8 Å². The van der Waals surface area contributed by atoms with Crippen LogP contribution in [-0.4, -0.2) is 19.6 Å². The Morgan fingerprint density at radius 2 is 1.87 bits per heavy atom. The molecule has 1 aromatic carbocycles. The van der Waals surface area contributed by atoms with Crippen LogP contribution >= 0.6 is 15.9 Å². The van der Waals surface area contributed by atoms with Crippen LogP contribution < -0.4 is 10.6 Å². The highest BCUT2D eigenvalue weighted by Gasteiger charge is 2.04. The van der Waals surface area contributed by atoms with Gasteiger partial charge >= 0.3 is 0 Å². The molecule has 1 rings (SSSR count). The predicted molar refractivity (Wildman–Crippen MR) is 70.3 cm³/mol. The second kappa shape index (κ2) is 6.85. The van der Waals surface area contributed by atoms with Crippen LogP contribution in [0.1, 0.15) is 19.8 Å². The standard InChI is InChI=1S/C12H19BrN2/c1-2-3-9-15(10-8-14)12-6-4-11(13)5-7-12/h4-7H,2-3,8-10,14H2,1H3. The number of hydrogen-bond acceptors (Lipinski definition) is 2. The van der Waals surface area contributed by atoms with Gasteiger partial charge < -0.3 is 10.6 Å². The Morgan fingerprint density at radius 1 is 1.20 bits per heavy atom. The zero-order valence-corrected chi connectivity index (χ0v) is 10.8. The molecule has 0 aliphatic rings. The Labute approximate surface area is 101 Å². The quantitative estimate of drug-likeness (QED) is 0.861. The summed E-state index contributed by atoms with van der Waals surface area (Å²) in [6, 6.07) is 8.42. The van der Waals surface area contributed by atoms with E-state index in [1.807, 2.05) is 0 Å². The van der Waals surface area contributed by atoms with E-state index in [9.17, 15) is 0 Å². The van der Waals surface area contributed by atoms with Crippen LogP contribution in [-0.2, 0) is 0 Å². The lowest BCUT2D eigenvalue weighted by molar-refractivity contribution is 0.715. The molecule has 0 saturated heterocycles. The lowest BCUT2D eigenvalue weighted by Crippen LogP contribution is -2.30. The number of nitrogens with two attached hydrogens (primary N) is 1. The molecule has 0 aliphatic heterocycles. The Balaban J connectivity index is 2.65. The van der Waals surface area contributed by atoms with Crippen molar-refractivity contribution < 1.29 is 0 Å². The van der Waals surface area contributed by atoms with E-state index in [1.54, 1.807) is 0 Å². The third-order valence-corrected chi connectivity index (χ3v) is 2.90. The summed E-state index contributed by atoms with van der Waals surface area (Å²) in [6.07, 6.45) is 2.44. The average Bonchev–Trinajstić information content (AvgIpc) is 2.25. The summed E-state index contributed by atoms with van der Waals surface area (Å²) in [5, 5.41) is 0. The summed E-state index contributed by atoms with van der Waals surface area (Å²) in [5.41, 5.74) is 6.88. The van der Waals surface area contributed by atoms with Crippen molar-refractivity contribution >= 4 is 21.6 Å². The van der Waals surface area contributed by atoms with Gasteiger partial charge in [-0.05, 0) is 30.7 Å². The Bertz CT molecular complexity index is 271. The van der Waals surface area contributed by atoms with E-state index in [4.69, 9.17) is 5.73 Å². The minimum Gasteiger partial charge on any atom is -0.370 e. The van der Waals surface area contributed by atoms with Crippen molar-refractivity contribution in [2.75, 3.05) is 24.5 Å². The number of hydrogen-bond donors (Lipinski definition) is 1. The molecule has 0 unspecified atom stereocenters. The third-order valence-electron chi connectivity index (χ3n) is 2.37. The zero-order valence-electron chi connectivity index (χ0n) is 9.25. The van der Waals surface area contributed by atoms with Crippen molar-refractivity contribution in [1.29, 1.82) is 0 Å². The molecule has 84 valence electrons. The molecule has 15 heavy (non-hydrogen) atoms. The first kappa shape index (κ1) is 12.5. The van der Waals surface area contributed by atoms with Crippen LogP contribution in [0.4, 0.5) is 5.69 Å². The molecule has 0 amide bonds. The van der Waals surface area contributed by atoms with Crippen molar-refractivity contribution in [3.05, 3.63) is 28.7 Å². The molecular formula is C12H19BrN2. The van der Waals surface area contributed by atoms with E-state index < -0.39 is 0 Å². The van der Waals surface area contributed by atoms with Gasteiger partial charge in [0, 0.05) is 29.8 Å². The molecule has 0 bridgehead atoms. The van der Waals surface area contributed by atoms with Gasteiger partial charge in [0.15, 0.2) is 0 Å². The molecule has 0 saturated carbocycles. The molecular weight excluding hydrogens is 252 g/mol. The molecule has 2 nitrogen and oxygen atoms in total. The average molecular weight is 271 g/mol. The molecule has 2 N–H and O–H groups in total. The van der Waals surface area contributed by atoms with E-state index >= 15 is 0 Å². The fraction of sp³-hybridized carbons (Fsp3) is 0.500. The Hall–Kier alpha value is -0.540. The molecule has 0 fully saturated rings. The maximum atomic E-state index is 5.62. The summed E-state index contributed by atoms with van der Waals surface area (Å²) in [4.78, 5) is 2.34. The minimum absolute atomic E-state index is 0.708. The van der Waals surface area contributed by atoms with Crippen molar-refractivity contribution in [1.82, 2.24) is 0 Å². The predicted octanol–water partition coefficient (Wildman–Crippen LogP) is 3.01. The van der Waals surface area contributed by atoms with Crippen LogP contribution in [0.2, 0.25) is 0 Å². The SMILES string of the molecule is CCCCN(CCN)c1ccc(Br)cc1. The van der Waals surface area contributed by atoms with Crippen LogP contribution in [0.15, 0.2) is 28.7 Å². The Morgan fingerprint density at radius 3 is 2.40 bits per heavy atom. The number of rotatable bonds is 6.